The summed E-state index contributed by atoms with van der Waals surface area (Å²) in [5.74, 6) is -0.723. The predicted molar refractivity (Wildman–Crippen MR) is 82.5 cm³/mol. The molecule has 0 atom stereocenters. The number of nitro benzene ring substituents is 1. The molecule has 0 radical (unpaired) electrons. The molecular weight excluding hydrogens is 339 g/mol. The van der Waals surface area contributed by atoms with Crippen LogP contribution in [-0.4, -0.2) is 10.8 Å². The topological polar surface area (TPSA) is 72.2 Å². The van der Waals surface area contributed by atoms with Crippen molar-refractivity contribution in [3.05, 3.63) is 67.1 Å². The van der Waals surface area contributed by atoms with Gasteiger partial charge in [-0.15, -0.1) is 0 Å². The number of benzene rings is 2. The molecule has 5 nitrogen and oxygen atoms in total. The van der Waals surface area contributed by atoms with Crippen LogP contribution in [0.5, 0.6) is 0 Å². The summed E-state index contributed by atoms with van der Waals surface area (Å²) in [5, 5.41) is 13.8. The molecule has 2 rings (SSSR count). The van der Waals surface area contributed by atoms with Crippen molar-refractivity contribution in [3.8, 4) is 0 Å². The second-order valence-electron chi connectivity index (χ2n) is 3.94. The van der Waals surface area contributed by atoms with Crippen molar-refractivity contribution in [2.45, 2.75) is 0 Å². The Hall–Kier alpha value is -1.82. The Kier molecular flexibility index (Phi) is 4.67. The van der Waals surface area contributed by atoms with Gasteiger partial charge in [-0.25, -0.2) is 0 Å². The molecule has 8 heteroatoms. The average Bonchev–Trinajstić information content (AvgIpc) is 2.42. The minimum Gasteiger partial charge on any atom is -0.319 e. The number of para-hydroxylation sites is 2. The number of nitro groups is 1. The summed E-state index contributed by atoms with van der Waals surface area (Å²) in [6, 6.07) is 8.76. The van der Waals surface area contributed by atoms with Crippen LogP contribution in [-0.2, 0) is 0 Å². The molecule has 0 saturated carbocycles. The molecule has 2 aromatic carbocycles. The van der Waals surface area contributed by atoms with Crippen molar-refractivity contribution < 1.29 is 9.72 Å². The number of nitrogens with zero attached hydrogens (tertiary/aromatic N) is 1. The third kappa shape index (κ3) is 3.26. The minimum absolute atomic E-state index is 0.127. The summed E-state index contributed by atoms with van der Waals surface area (Å²) in [7, 11) is 0. The van der Waals surface area contributed by atoms with Crippen molar-refractivity contribution in [3.63, 3.8) is 0 Å². The van der Waals surface area contributed by atoms with Gasteiger partial charge in [-0.1, -0.05) is 46.9 Å². The van der Waals surface area contributed by atoms with Crippen LogP contribution >= 0.6 is 34.8 Å². The highest BCUT2D eigenvalue weighted by molar-refractivity contribution is 6.40. The first kappa shape index (κ1) is 15.6. The number of carbonyl (C=O) groups excluding carboxylic acids is 1. The van der Waals surface area contributed by atoms with Gasteiger partial charge in [-0.3, -0.25) is 14.9 Å². The van der Waals surface area contributed by atoms with Gasteiger partial charge >= 0.3 is 5.69 Å². The number of carbonyl (C=O) groups is 1. The molecule has 0 unspecified atom stereocenters. The van der Waals surface area contributed by atoms with E-state index in [0.29, 0.717) is 0 Å². The van der Waals surface area contributed by atoms with Crippen molar-refractivity contribution in [1.29, 1.82) is 0 Å². The van der Waals surface area contributed by atoms with E-state index in [1.807, 2.05) is 0 Å². The lowest BCUT2D eigenvalue weighted by Gasteiger charge is -2.09. The maximum atomic E-state index is 12.2. The molecule has 2 aromatic rings. The molecule has 0 aliphatic heterocycles. The second-order valence-corrected chi connectivity index (χ2v) is 5.17. The molecule has 0 bridgehead atoms. The number of rotatable bonds is 3. The van der Waals surface area contributed by atoms with E-state index in [9.17, 15) is 14.9 Å². The van der Waals surface area contributed by atoms with Gasteiger partial charge in [-0.2, -0.15) is 0 Å². The van der Waals surface area contributed by atoms with Gasteiger partial charge in [0.05, 0.1) is 20.7 Å². The van der Waals surface area contributed by atoms with Gasteiger partial charge < -0.3 is 5.32 Å². The van der Waals surface area contributed by atoms with E-state index in [1.165, 1.54) is 30.3 Å². The number of hydrogen-bond donors (Lipinski definition) is 1. The fourth-order valence-corrected chi connectivity index (χ4v) is 2.42. The Morgan fingerprint density at radius 3 is 2.10 bits per heavy atom. The quantitative estimate of drug-likeness (QED) is 0.641. The molecule has 21 heavy (non-hydrogen) atoms. The van der Waals surface area contributed by atoms with Crippen LogP contribution in [0.1, 0.15) is 10.4 Å². The van der Waals surface area contributed by atoms with Crippen molar-refractivity contribution in [1.82, 2.24) is 0 Å². The zero-order valence-electron chi connectivity index (χ0n) is 10.3. The van der Waals surface area contributed by atoms with E-state index in [-0.39, 0.29) is 26.3 Å². The lowest BCUT2D eigenvalue weighted by Crippen LogP contribution is -2.14. The van der Waals surface area contributed by atoms with E-state index in [2.05, 4.69) is 5.32 Å². The highest BCUT2D eigenvalue weighted by Crippen LogP contribution is 2.32. The number of halogens is 3. The van der Waals surface area contributed by atoms with E-state index in [4.69, 9.17) is 34.8 Å². The van der Waals surface area contributed by atoms with Gasteiger partial charge in [0.15, 0.2) is 0 Å². The molecule has 1 N–H and O–H groups in total. The fraction of sp³-hybridized carbons (Fsp3) is 0. The first-order valence-electron chi connectivity index (χ1n) is 5.60. The minimum atomic E-state index is -0.723. The van der Waals surface area contributed by atoms with Crippen LogP contribution in [0, 0.1) is 10.1 Å². The molecule has 0 saturated heterocycles. The van der Waals surface area contributed by atoms with E-state index in [1.54, 1.807) is 6.07 Å². The summed E-state index contributed by atoms with van der Waals surface area (Å²) >= 11 is 17.6. The monoisotopic (exact) mass is 344 g/mol. The lowest BCUT2D eigenvalue weighted by atomic mass is 10.1. The Balaban J connectivity index is 2.43. The van der Waals surface area contributed by atoms with Gasteiger partial charge in [0.2, 0.25) is 0 Å². The van der Waals surface area contributed by atoms with Gasteiger partial charge in [0.1, 0.15) is 10.6 Å². The molecule has 0 fully saturated rings. The molecular formula is C13H7Cl3N2O3. The number of amides is 1. The summed E-state index contributed by atoms with van der Waals surface area (Å²) in [6.07, 6.45) is 0. The number of anilines is 1. The molecule has 0 aliphatic carbocycles. The Labute approximate surface area is 134 Å². The molecule has 0 heterocycles. The maximum absolute atomic E-state index is 12.2. The first-order chi connectivity index (χ1) is 9.91. The Bertz CT molecular complexity index is 714. The fourth-order valence-electron chi connectivity index (χ4n) is 1.68. The predicted octanol–water partition coefficient (Wildman–Crippen LogP) is 4.81. The van der Waals surface area contributed by atoms with Crippen LogP contribution in [0.2, 0.25) is 15.1 Å². The normalized spacial score (nSPS) is 10.2. The highest BCUT2D eigenvalue weighted by Gasteiger charge is 2.24. The molecule has 0 aromatic heterocycles. The molecule has 108 valence electrons. The smallest absolute Gasteiger partial charge is 0.300 e. The Morgan fingerprint density at radius 1 is 1.00 bits per heavy atom. The van der Waals surface area contributed by atoms with Crippen molar-refractivity contribution in [2.75, 3.05) is 5.32 Å². The van der Waals surface area contributed by atoms with Crippen molar-refractivity contribution >= 4 is 52.1 Å². The third-order valence-corrected chi connectivity index (χ3v) is 3.55. The molecule has 0 spiro atoms. The summed E-state index contributed by atoms with van der Waals surface area (Å²) in [6.45, 7) is 0. The van der Waals surface area contributed by atoms with Crippen LogP contribution in [0.4, 0.5) is 11.4 Å². The first-order valence-corrected chi connectivity index (χ1v) is 6.73. The van der Waals surface area contributed by atoms with Crippen LogP contribution < -0.4 is 5.32 Å². The second kappa shape index (κ2) is 6.30. The van der Waals surface area contributed by atoms with E-state index >= 15 is 0 Å². The number of nitrogens with one attached hydrogen (secondary N) is 1. The van der Waals surface area contributed by atoms with Gasteiger partial charge in [-0.05, 0) is 24.3 Å². The standard InChI is InChI=1S/C13H7Cl3N2O3/c14-8-4-2-5-9(15)11(8)17-13(19)7-3-1-6-10(16)12(7)18(20)21/h1-6H,(H,17,19). The lowest BCUT2D eigenvalue weighted by molar-refractivity contribution is -0.385. The largest absolute Gasteiger partial charge is 0.319 e. The van der Waals surface area contributed by atoms with Crippen LogP contribution in [0.15, 0.2) is 36.4 Å². The zero-order valence-corrected chi connectivity index (χ0v) is 12.5. The average molecular weight is 346 g/mol. The van der Waals surface area contributed by atoms with Gasteiger partial charge in [0.25, 0.3) is 5.91 Å². The maximum Gasteiger partial charge on any atom is 0.300 e. The van der Waals surface area contributed by atoms with Crippen LogP contribution in [0.25, 0.3) is 0 Å². The molecule has 1 amide bonds. The van der Waals surface area contributed by atoms with E-state index in [0.717, 1.165) is 0 Å². The highest BCUT2D eigenvalue weighted by atomic mass is 35.5. The Morgan fingerprint density at radius 2 is 1.52 bits per heavy atom. The van der Waals surface area contributed by atoms with E-state index < -0.39 is 16.5 Å². The van der Waals surface area contributed by atoms with Crippen LogP contribution in [0.3, 0.4) is 0 Å². The van der Waals surface area contributed by atoms with Crippen molar-refractivity contribution in [2.24, 2.45) is 0 Å². The summed E-state index contributed by atoms with van der Waals surface area (Å²) < 4.78 is 0. The summed E-state index contributed by atoms with van der Waals surface area (Å²) in [5.41, 5.74) is -0.469. The molecule has 0 aliphatic rings. The zero-order chi connectivity index (χ0) is 15.6. The summed E-state index contributed by atoms with van der Waals surface area (Å²) in [4.78, 5) is 22.5. The third-order valence-electron chi connectivity index (χ3n) is 2.62. The van der Waals surface area contributed by atoms with Gasteiger partial charge in [0, 0.05) is 0 Å². The number of hydrogen-bond acceptors (Lipinski definition) is 3. The SMILES string of the molecule is O=C(Nc1c(Cl)cccc1Cl)c1cccc(Cl)c1[N+](=O)[O-].